The van der Waals surface area contributed by atoms with E-state index in [9.17, 15) is 9.13 Å². The van der Waals surface area contributed by atoms with Crippen molar-refractivity contribution in [1.29, 1.82) is 0 Å². The number of aliphatic hydroxyl groups is 1. The van der Waals surface area contributed by atoms with Crippen LogP contribution in [0.4, 0.5) is 0 Å². The summed E-state index contributed by atoms with van der Waals surface area (Å²) < 4.78 is 22.2. The maximum atomic E-state index is 9.63. The Kier molecular flexibility index (Phi) is 8.18. The molecule has 0 fully saturated rings. The van der Waals surface area contributed by atoms with Crippen molar-refractivity contribution in [3.8, 4) is 0 Å². The Balaban J connectivity index is 0. The number of aliphatic hydroxyl groups excluding tert-OH is 1. The first-order chi connectivity index (χ1) is 6.48. The molecule has 0 bridgehead atoms. The fraction of sp³-hybridized carbons (Fsp3) is 0.600. The van der Waals surface area contributed by atoms with E-state index in [0.717, 1.165) is 6.26 Å². The molecule has 0 aliphatic rings. The largest absolute Gasteiger partial charge is 0.516 e. The minimum Gasteiger partial charge on any atom is -0.516 e. The van der Waals surface area contributed by atoms with Crippen LogP contribution < -0.4 is 0 Å². The van der Waals surface area contributed by atoms with E-state index < -0.39 is 15.6 Å². The average molecular weight is 264 g/mol. The van der Waals surface area contributed by atoms with Gasteiger partial charge in [0.25, 0.3) is 0 Å². The quantitative estimate of drug-likeness (QED) is 0.373. The highest BCUT2D eigenvalue weighted by atomic mass is 31.3. The van der Waals surface area contributed by atoms with Crippen molar-refractivity contribution in [2.45, 2.75) is 13.8 Å². The molecule has 0 aliphatic heterocycles. The van der Waals surface area contributed by atoms with Gasteiger partial charge in [0.2, 0.25) is 0 Å². The second-order valence-electron chi connectivity index (χ2n) is 2.65. The van der Waals surface area contributed by atoms with Gasteiger partial charge in [0.15, 0.2) is 0 Å². The molecular weight excluding hydrogens is 250 g/mol. The third-order valence-electron chi connectivity index (χ3n) is 0.684. The van der Waals surface area contributed by atoms with E-state index in [1.807, 2.05) is 13.8 Å². The second kappa shape index (κ2) is 7.14. The van der Waals surface area contributed by atoms with Gasteiger partial charge in [-0.1, -0.05) is 13.8 Å². The van der Waals surface area contributed by atoms with E-state index in [-0.39, 0.29) is 0 Å². The molecular formula is C5H14O8P2. The molecule has 15 heavy (non-hydrogen) atoms. The number of hydrogen-bond acceptors (Lipinski definition) is 4. The van der Waals surface area contributed by atoms with Crippen molar-refractivity contribution < 1.29 is 38.1 Å². The molecule has 92 valence electrons. The zero-order valence-corrected chi connectivity index (χ0v) is 9.88. The summed E-state index contributed by atoms with van der Waals surface area (Å²) in [6.07, 6.45) is 2.80. The fourth-order valence-electron chi connectivity index (χ4n) is 0.311. The maximum absolute atomic E-state index is 9.63. The van der Waals surface area contributed by atoms with Crippen molar-refractivity contribution in [3.05, 3.63) is 12.3 Å². The molecule has 0 heterocycles. The van der Waals surface area contributed by atoms with Crippen molar-refractivity contribution in [1.82, 2.24) is 0 Å². The zero-order valence-electron chi connectivity index (χ0n) is 8.09. The van der Waals surface area contributed by atoms with Gasteiger partial charge in [0.05, 0.1) is 6.26 Å². The van der Waals surface area contributed by atoms with Crippen LogP contribution in [0.5, 0.6) is 0 Å². The monoisotopic (exact) mass is 264 g/mol. The van der Waals surface area contributed by atoms with E-state index >= 15 is 0 Å². The first-order valence-electron chi connectivity index (χ1n) is 3.61. The summed E-state index contributed by atoms with van der Waals surface area (Å²) in [4.78, 5) is 31.0. The van der Waals surface area contributed by atoms with Crippen LogP contribution in [0.15, 0.2) is 12.3 Å². The average Bonchev–Trinajstić information content (AvgIpc) is 1.77. The lowest BCUT2D eigenvalue weighted by Gasteiger charge is -2.03. The van der Waals surface area contributed by atoms with Gasteiger partial charge in [-0.3, -0.25) is 0 Å². The van der Waals surface area contributed by atoms with Crippen molar-refractivity contribution in [2.24, 2.45) is 5.92 Å². The lowest BCUT2D eigenvalue weighted by Crippen LogP contribution is -1.84. The van der Waals surface area contributed by atoms with Gasteiger partial charge in [-0.25, -0.2) is 9.13 Å². The zero-order chi connectivity index (χ0) is 12.7. The van der Waals surface area contributed by atoms with Crippen LogP contribution in [0.25, 0.3) is 0 Å². The van der Waals surface area contributed by atoms with Crippen molar-refractivity contribution in [3.63, 3.8) is 0 Å². The summed E-state index contributed by atoms with van der Waals surface area (Å²) in [7, 11) is -10.1. The molecule has 8 nitrogen and oxygen atoms in total. The standard InChI is InChI=1S/C5H10O.H4O7P2/c1-5(2)3-4-6;1-8(2,3)7-9(4,5)6/h3-6H,1-2H3;(H2,1,2,3)(H2,4,5,6). The SMILES string of the molecule is CC(C)C=CO.O=P(O)(O)OP(=O)(O)O. The first kappa shape index (κ1) is 17.2. The molecule has 0 aromatic rings. The molecule has 0 radical (unpaired) electrons. The summed E-state index contributed by atoms with van der Waals surface area (Å²) >= 11 is 0. The molecule has 5 N–H and O–H groups in total. The molecule has 0 saturated carbocycles. The number of allylic oxidation sites excluding steroid dienone is 1. The third kappa shape index (κ3) is 24.8. The Labute approximate surface area is 86.7 Å². The van der Waals surface area contributed by atoms with Gasteiger partial charge in [-0.15, -0.1) is 0 Å². The van der Waals surface area contributed by atoms with E-state index in [1.165, 1.54) is 0 Å². The smallest absolute Gasteiger partial charge is 0.478 e. The van der Waals surface area contributed by atoms with Crippen molar-refractivity contribution in [2.75, 3.05) is 0 Å². The van der Waals surface area contributed by atoms with E-state index in [1.54, 1.807) is 6.08 Å². The third-order valence-corrected chi connectivity index (χ3v) is 2.39. The van der Waals surface area contributed by atoms with Crippen LogP contribution in [-0.2, 0) is 13.4 Å². The predicted octanol–water partition coefficient (Wildman–Crippen LogP) is 0.902. The minimum absolute atomic E-state index is 0.468. The fourth-order valence-corrected chi connectivity index (χ4v) is 1.42. The Morgan fingerprint density at radius 1 is 1.07 bits per heavy atom. The topological polar surface area (TPSA) is 145 Å². The minimum atomic E-state index is -5.05. The summed E-state index contributed by atoms with van der Waals surface area (Å²) in [5, 5.41) is 8.06. The molecule has 0 aromatic carbocycles. The molecule has 0 aromatic heterocycles. The molecule has 0 spiro atoms. The molecule has 0 unspecified atom stereocenters. The van der Waals surface area contributed by atoms with Crippen LogP contribution in [-0.4, -0.2) is 24.7 Å². The van der Waals surface area contributed by atoms with Crippen molar-refractivity contribution >= 4 is 15.6 Å². The van der Waals surface area contributed by atoms with E-state index in [2.05, 4.69) is 4.31 Å². The lowest BCUT2D eigenvalue weighted by molar-refractivity contribution is 0.225. The summed E-state index contributed by atoms with van der Waals surface area (Å²) in [5.74, 6) is 0.468. The van der Waals surface area contributed by atoms with Gasteiger partial charge >= 0.3 is 15.6 Å². The Morgan fingerprint density at radius 2 is 1.40 bits per heavy atom. The molecule has 0 amide bonds. The Hall–Kier alpha value is -0.200. The lowest BCUT2D eigenvalue weighted by atomic mass is 10.2. The van der Waals surface area contributed by atoms with Crippen LogP contribution in [0, 0.1) is 5.92 Å². The van der Waals surface area contributed by atoms with E-state index in [0.29, 0.717) is 5.92 Å². The summed E-state index contributed by atoms with van der Waals surface area (Å²) in [5.41, 5.74) is 0. The predicted molar refractivity (Wildman–Crippen MR) is 51.8 cm³/mol. The molecule has 0 atom stereocenters. The van der Waals surface area contributed by atoms with Crippen LogP contribution >= 0.6 is 15.6 Å². The van der Waals surface area contributed by atoms with Gasteiger partial charge in [-0.2, -0.15) is 4.31 Å². The van der Waals surface area contributed by atoms with Crippen LogP contribution in [0.3, 0.4) is 0 Å². The van der Waals surface area contributed by atoms with Gasteiger partial charge in [-0.05, 0) is 12.0 Å². The van der Waals surface area contributed by atoms with Crippen LogP contribution in [0.2, 0.25) is 0 Å². The van der Waals surface area contributed by atoms with Gasteiger partial charge in [0, 0.05) is 0 Å². The van der Waals surface area contributed by atoms with Gasteiger partial charge < -0.3 is 24.7 Å². The summed E-state index contributed by atoms with van der Waals surface area (Å²) in [6.45, 7) is 4.01. The van der Waals surface area contributed by atoms with E-state index in [4.69, 9.17) is 24.7 Å². The highest BCUT2D eigenvalue weighted by Gasteiger charge is 2.27. The second-order valence-corrected chi connectivity index (χ2v) is 5.26. The number of hydrogen-bond donors (Lipinski definition) is 5. The Bertz CT molecular complexity index is 253. The first-order valence-corrected chi connectivity index (χ1v) is 6.67. The maximum Gasteiger partial charge on any atom is 0.478 e. The highest BCUT2D eigenvalue weighted by molar-refractivity contribution is 7.60. The summed E-state index contributed by atoms with van der Waals surface area (Å²) in [6, 6.07) is 0. The Morgan fingerprint density at radius 3 is 1.40 bits per heavy atom. The molecule has 0 saturated heterocycles. The van der Waals surface area contributed by atoms with Crippen LogP contribution in [0.1, 0.15) is 13.8 Å². The molecule has 0 rings (SSSR count). The number of phosphoric acid groups is 2. The molecule has 0 aliphatic carbocycles. The normalized spacial score (nSPS) is 12.7. The number of rotatable bonds is 3. The van der Waals surface area contributed by atoms with Gasteiger partial charge in [0.1, 0.15) is 0 Å². The molecule has 10 heteroatoms. The highest BCUT2D eigenvalue weighted by Crippen LogP contribution is 2.53.